The van der Waals surface area contributed by atoms with Crippen LogP contribution in [0.3, 0.4) is 0 Å². The summed E-state index contributed by atoms with van der Waals surface area (Å²) in [5.41, 5.74) is 0.432. The number of nitrogens with one attached hydrogen (secondary N) is 1. The number of carbonyl (C=O) groups is 1. The van der Waals surface area contributed by atoms with E-state index in [1.54, 1.807) is 12.1 Å². The van der Waals surface area contributed by atoms with Crippen LogP contribution in [0.2, 0.25) is 0 Å². The van der Waals surface area contributed by atoms with Crippen LogP contribution in [0.25, 0.3) is 5.82 Å². The number of rotatable bonds is 5. The Morgan fingerprint density at radius 2 is 2.45 bits per heavy atom. The Hall–Kier alpha value is -2.75. The van der Waals surface area contributed by atoms with E-state index in [4.69, 9.17) is 5.26 Å². The molecule has 2 heterocycles. The first-order valence-electron chi connectivity index (χ1n) is 6.26. The third-order valence-electron chi connectivity index (χ3n) is 2.70. The summed E-state index contributed by atoms with van der Waals surface area (Å²) in [7, 11) is 0. The fraction of sp³-hybridized carbons (Fsp3) is 0.308. The SMILES string of the molecule is CCC[C@@H](C#N)NC(=O)c1ccnc(-n2cncn2)c1. The lowest BCUT2D eigenvalue weighted by Crippen LogP contribution is -2.33. The molecule has 0 aliphatic heterocycles. The highest BCUT2D eigenvalue weighted by Crippen LogP contribution is 2.06. The first kappa shape index (κ1) is 13.7. The van der Waals surface area contributed by atoms with Crippen molar-refractivity contribution in [3.8, 4) is 11.9 Å². The lowest BCUT2D eigenvalue weighted by Gasteiger charge is -2.10. The number of hydrogen-bond acceptors (Lipinski definition) is 5. The van der Waals surface area contributed by atoms with Gasteiger partial charge in [-0.25, -0.2) is 14.6 Å². The fourth-order valence-corrected chi connectivity index (χ4v) is 1.71. The minimum absolute atomic E-state index is 0.297. The van der Waals surface area contributed by atoms with Gasteiger partial charge in [-0.05, 0) is 18.6 Å². The number of aromatic nitrogens is 4. The lowest BCUT2D eigenvalue weighted by atomic mass is 10.1. The van der Waals surface area contributed by atoms with Crippen LogP contribution < -0.4 is 5.32 Å². The molecule has 0 saturated carbocycles. The number of nitriles is 1. The monoisotopic (exact) mass is 270 g/mol. The second kappa shape index (κ2) is 6.43. The first-order chi connectivity index (χ1) is 9.74. The number of pyridine rings is 1. The van der Waals surface area contributed by atoms with Crippen molar-refractivity contribution in [1.82, 2.24) is 25.1 Å². The Balaban J connectivity index is 2.15. The Kier molecular flexibility index (Phi) is 4.39. The number of hydrogen-bond donors (Lipinski definition) is 1. The van der Waals surface area contributed by atoms with Gasteiger partial charge in [0.1, 0.15) is 18.7 Å². The summed E-state index contributed by atoms with van der Waals surface area (Å²) in [6.45, 7) is 1.96. The zero-order valence-corrected chi connectivity index (χ0v) is 11.0. The molecule has 0 aliphatic rings. The molecule has 2 rings (SSSR count). The van der Waals surface area contributed by atoms with Gasteiger partial charge < -0.3 is 5.32 Å². The van der Waals surface area contributed by atoms with Gasteiger partial charge in [-0.2, -0.15) is 10.4 Å². The van der Waals surface area contributed by atoms with Crippen LogP contribution in [-0.4, -0.2) is 31.7 Å². The quantitative estimate of drug-likeness (QED) is 0.877. The van der Waals surface area contributed by atoms with E-state index in [9.17, 15) is 4.79 Å². The predicted octanol–water partition coefficient (Wildman–Crippen LogP) is 1.08. The zero-order valence-electron chi connectivity index (χ0n) is 11.0. The van der Waals surface area contributed by atoms with Crippen molar-refractivity contribution < 1.29 is 4.79 Å². The standard InChI is InChI=1S/C13H14N6O/c1-2-3-11(7-14)18-13(20)10-4-5-16-12(6-10)19-9-15-8-17-19/h4-6,8-9,11H,2-3H2,1H3,(H,18,20)/t11-/m0/s1. The molecule has 7 nitrogen and oxygen atoms in total. The molecule has 0 unspecified atom stereocenters. The van der Waals surface area contributed by atoms with Gasteiger partial charge in [-0.1, -0.05) is 13.3 Å². The molecule has 0 fully saturated rings. The van der Waals surface area contributed by atoms with Crippen molar-refractivity contribution in [2.75, 3.05) is 0 Å². The summed E-state index contributed by atoms with van der Waals surface area (Å²) in [6, 6.07) is 4.79. The van der Waals surface area contributed by atoms with Gasteiger partial charge in [0.25, 0.3) is 5.91 Å². The molecule has 0 aromatic carbocycles. The fourth-order valence-electron chi connectivity index (χ4n) is 1.71. The van der Waals surface area contributed by atoms with Crippen molar-refractivity contribution in [3.63, 3.8) is 0 Å². The van der Waals surface area contributed by atoms with Crippen LogP contribution in [0.1, 0.15) is 30.1 Å². The third-order valence-corrected chi connectivity index (χ3v) is 2.70. The third kappa shape index (κ3) is 3.17. The van der Waals surface area contributed by atoms with Crippen LogP contribution in [0.4, 0.5) is 0 Å². The van der Waals surface area contributed by atoms with Crippen molar-refractivity contribution in [1.29, 1.82) is 5.26 Å². The molecule has 0 aliphatic carbocycles. The summed E-state index contributed by atoms with van der Waals surface area (Å²) >= 11 is 0. The van der Waals surface area contributed by atoms with Gasteiger partial charge in [-0.15, -0.1) is 0 Å². The Morgan fingerprint density at radius 3 is 3.10 bits per heavy atom. The minimum Gasteiger partial charge on any atom is -0.336 e. The summed E-state index contributed by atoms with van der Waals surface area (Å²) in [6.07, 6.45) is 5.87. The zero-order chi connectivity index (χ0) is 14.4. The molecule has 7 heteroatoms. The summed E-state index contributed by atoms with van der Waals surface area (Å²) < 4.78 is 1.46. The van der Waals surface area contributed by atoms with Crippen molar-refractivity contribution in [3.05, 3.63) is 36.5 Å². The van der Waals surface area contributed by atoms with Gasteiger partial charge in [0.2, 0.25) is 0 Å². The molecule has 0 bridgehead atoms. The van der Waals surface area contributed by atoms with Crippen molar-refractivity contribution >= 4 is 5.91 Å². The van der Waals surface area contributed by atoms with Crippen LogP contribution >= 0.6 is 0 Å². The molecule has 1 amide bonds. The second-order valence-electron chi connectivity index (χ2n) is 4.19. The van der Waals surface area contributed by atoms with Crippen molar-refractivity contribution in [2.45, 2.75) is 25.8 Å². The molecule has 1 atom stereocenters. The molecular weight excluding hydrogens is 256 g/mol. The average Bonchev–Trinajstić information content (AvgIpc) is 3.01. The smallest absolute Gasteiger partial charge is 0.252 e. The maximum Gasteiger partial charge on any atom is 0.252 e. The number of carbonyl (C=O) groups excluding carboxylic acids is 1. The van der Waals surface area contributed by atoms with E-state index in [1.165, 1.54) is 23.5 Å². The molecule has 0 radical (unpaired) electrons. The summed E-state index contributed by atoms with van der Waals surface area (Å²) in [5.74, 6) is 0.202. The van der Waals surface area contributed by atoms with Gasteiger partial charge in [0, 0.05) is 11.8 Å². The molecule has 102 valence electrons. The Bertz CT molecular complexity index is 616. The number of amides is 1. The van der Waals surface area contributed by atoms with Crippen molar-refractivity contribution in [2.24, 2.45) is 0 Å². The van der Waals surface area contributed by atoms with E-state index in [0.717, 1.165) is 6.42 Å². The topological polar surface area (TPSA) is 96.5 Å². The highest BCUT2D eigenvalue weighted by atomic mass is 16.1. The van der Waals surface area contributed by atoms with E-state index < -0.39 is 6.04 Å². The normalized spacial score (nSPS) is 11.6. The average molecular weight is 270 g/mol. The van der Waals surface area contributed by atoms with Gasteiger partial charge in [-0.3, -0.25) is 4.79 Å². The highest BCUT2D eigenvalue weighted by Gasteiger charge is 2.13. The molecule has 2 aromatic heterocycles. The van der Waals surface area contributed by atoms with E-state index in [-0.39, 0.29) is 5.91 Å². The molecule has 0 saturated heterocycles. The number of nitrogens with zero attached hydrogens (tertiary/aromatic N) is 5. The van der Waals surface area contributed by atoms with Gasteiger partial charge >= 0.3 is 0 Å². The van der Waals surface area contributed by atoms with Crippen LogP contribution in [0.15, 0.2) is 31.0 Å². The molecule has 0 spiro atoms. The Morgan fingerprint density at radius 1 is 1.60 bits per heavy atom. The molecule has 1 N–H and O–H groups in total. The predicted molar refractivity (Wildman–Crippen MR) is 70.9 cm³/mol. The lowest BCUT2D eigenvalue weighted by molar-refractivity contribution is 0.0943. The largest absolute Gasteiger partial charge is 0.336 e. The van der Waals surface area contributed by atoms with E-state index >= 15 is 0 Å². The van der Waals surface area contributed by atoms with Gasteiger partial charge in [0.15, 0.2) is 5.82 Å². The summed E-state index contributed by atoms with van der Waals surface area (Å²) in [5, 5.41) is 15.6. The van der Waals surface area contributed by atoms with Crippen LogP contribution in [0, 0.1) is 11.3 Å². The second-order valence-corrected chi connectivity index (χ2v) is 4.19. The van der Waals surface area contributed by atoms with E-state index in [2.05, 4.69) is 26.5 Å². The molecular formula is C13H14N6O. The van der Waals surface area contributed by atoms with E-state index in [1.807, 2.05) is 6.92 Å². The van der Waals surface area contributed by atoms with Crippen LogP contribution in [-0.2, 0) is 0 Å². The maximum atomic E-state index is 12.1. The molecule has 2 aromatic rings. The van der Waals surface area contributed by atoms with Gasteiger partial charge in [0.05, 0.1) is 6.07 Å². The first-order valence-corrected chi connectivity index (χ1v) is 6.26. The Labute approximate surface area is 116 Å². The van der Waals surface area contributed by atoms with Crippen LogP contribution in [0.5, 0.6) is 0 Å². The maximum absolute atomic E-state index is 12.1. The highest BCUT2D eigenvalue weighted by molar-refractivity contribution is 5.94. The minimum atomic E-state index is -0.476. The summed E-state index contributed by atoms with van der Waals surface area (Å²) in [4.78, 5) is 20.0. The molecule has 20 heavy (non-hydrogen) atoms. The van der Waals surface area contributed by atoms with E-state index in [0.29, 0.717) is 17.8 Å².